The maximum absolute atomic E-state index is 12.1. The molecule has 2 rings (SSSR count). The van der Waals surface area contributed by atoms with Crippen molar-refractivity contribution in [3.05, 3.63) is 12.1 Å². The minimum Gasteiger partial charge on any atom is -0.490 e. The monoisotopic (exact) mass is 521 g/mol. The summed E-state index contributed by atoms with van der Waals surface area (Å²) >= 11 is 0.850. The summed E-state index contributed by atoms with van der Waals surface area (Å²) in [5.74, 6) is -1.76. The number of amides is 1. The normalized spacial score (nSPS) is 25.1. The van der Waals surface area contributed by atoms with Crippen LogP contribution in [0.15, 0.2) is 17.0 Å². The van der Waals surface area contributed by atoms with E-state index in [4.69, 9.17) is 24.1 Å². The van der Waals surface area contributed by atoms with Crippen molar-refractivity contribution in [1.82, 2.24) is 0 Å². The highest BCUT2D eigenvalue weighted by atomic mass is 32.2. The van der Waals surface area contributed by atoms with Gasteiger partial charge in [-0.2, -0.15) is 0 Å². The first kappa shape index (κ1) is 28.9. The summed E-state index contributed by atoms with van der Waals surface area (Å²) in [6, 6.07) is 2.80. The molecular formula is C21H31NO12S. The first-order valence-corrected chi connectivity index (χ1v) is 11.8. The Hall–Kier alpha value is -2.33. The van der Waals surface area contributed by atoms with Gasteiger partial charge in [-0.05, 0) is 26.8 Å². The number of aliphatic hydroxyl groups is 5. The van der Waals surface area contributed by atoms with E-state index < -0.39 is 61.6 Å². The molecule has 1 amide bonds. The molecule has 0 aromatic heterocycles. The standard InChI is InChI=1S/C21H31NO12S/c1-4-31-12-5-10(22-21(30)32-9(2)3)6-14(35-8-11(24)19(28)29)18(12)34-20-17(27)16(26)15(25)13(7-23)33-20/h5-6,9,11,13,15-17,20,23-27H,4,7-8H2,1-3H3,(H,22,30)(H,28,29)/t11?,13-,15-,16+,17-,20+/m1/s1. The summed E-state index contributed by atoms with van der Waals surface area (Å²) in [6.45, 7) is 4.48. The van der Waals surface area contributed by atoms with Crippen LogP contribution in [0.1, 0.15) is 20.8 Å². The molecule has 0 radical (unpaired) electrons. The minimum absolute atomic E-state index is 0.0541. The zero-order valence-electron chi connectivity index (χ0n) is 19.4. The highest BCUT2D eigenvalue weighted by molar-refractivity contribution is 7.99. The van der Waals surface area contributed by atoms with Gasteiger partial charge in [0.25, 0.3) is 0 Å². The second kappa shape index (κ2) is 13.1. The summed E-state index contributed by atoms with van der Waals surface area (Å²) in [7, 11) is 0. The van der Waals surface area contributed by atoms with Crippen LogP contribution in [0.4, 0.5) is 10.5 Å². The van der Waals surface area contributed by atoms with Gasteiger partial charge in [-0.1, -0.05) is 0 Å². The Kier molecular flexibility index (Phi) is 10.8. The largest absolute Gasteiger partial charge is 0.490 e. The highest BCUT2D eigenvalue weighted by Crippen LogP contribution is 2.42. The highest BCUT2D eigenvalue weighted by Gasteiger charge is 2.45. The number of anilines is 1. The number of rotatable bonds is 11. The van der Waals surface area contributed by atoms with E-state index in [0.29, 0.717) is 0 Å². The second-order valence-electron chi connectivity index (χ2n) is 7.79. The molecule has 1 aliphatic heterocycles. The van der Waals surface area contributed by atoms with Crippen LogP contribution >= 0.6 is 11.8 Å². The van der Waals surface area contributed by atoms with Gasteiger partial charge in [0.2, 0.25) is 6.29 Å². The van der Waals surface area contributed by atoms with Crippen molar-refractivity contribution in [2.75, 3.05) is 24.3 Å². The van der Waals surface area contributed by atoms with Gasteiger partial charge in [-0.25, -0.2) is 9.59 Å². The lowest BCUT2D eigenvalue weighted by Crippen LogP contribution is -2.60. The molecule has 7 N–H and O–H groups in total. The number of carboxylic acids is 1. The fourth-order valence-corrected chi connectivity index (χ4v) is 3.99. The lowest BCUT2D eigenvalue weighted by Gasteiger charge is -2.39. The SMILES string of the molecule is CCOc1cc(NC(=O)OC(C)C)cc(SCC(O)C(=O)O)c1O[C@@H]1O[C@H](CO)[C@@H](O)[C@H](O)[C@H]1O. The maximum Gasteiger partial charge on any atom is 0.411 e. The van der Waals surface area contributed by atoms with E-state index in [1.165, 1.54) is 12.1 Å². The molecule has 14 heteroatoms. The van der Waals surface area contributed by atoms with Gasteiger partial charge in [-0.3, -0.25) is 5.32 Å². The molecule has 0 saturated carbocycles. The molecule has 0 aliphatic carbocycles. The number of carbonyl (C=O) groups is 2. The number of carboxylic acid groups (broad SMARTS) is 1. The van der Waals surface area contributed by atoms with Crippen molar-refractivity contribution in [3.63, 3.8) is 0 Å². The van der Waals surface area contributed by atoms with Crippen molar-refractivity contribution >= 4 is 29.5 Å². The fraction of sp³-hybridized carbons (Fsp3) is 0.619. The lowest BCUT2D eigenvalue weighted by atomic mass is 9.99. The zero-order valence-corrected chi connectivity index (χ0v) is 20.2. The summed E-state index contributed by atoms with van der Waals surface area (Å²) in [5, 5.41) is 61.1. The summed E-state index contributed by atoms with van der Waals surface area (Å²) < 4.78 is 21.8. The van der Waals surface area contributed by atoms with E-state index in [0.717, 1.165) is 11.8 Å². The minimum atomic E-state index is -1.72. The topological polar surface area (TPSA) is 204 Å². The molecule has 1 aliphatic rings. The van der Waals surface area contributed by atoms with Gasteiger partial charge in [-0.15, -0.1) is 11.8 Å². The molecule has 0 bridgehead atoms. The number of ether oxygens (including phenoxy) is 4. The van der Waals surface area contributed by atoms with Crippen molar-refractivity contribution < 1.29 is 59.2 Å². The number of aliphatic hydroxyl groups excluding tert-OH is 5. The molecule has 1 aromatic carbocycles. The predicted octanol–water partition coefficient (Wildman–Crippen LogP) is -0.242. The van der Waals surface area contributed by atoms with Crippen LogP contribution in [0.2, 0.25) is 0 Å². The van der Waals surface area contributed by atoms with Crippen molar-refractivity contribution in [2.45, 2.75) is 68.6 Å². The van der Waals surface area contributed by atoms with Gasteiger partial charge in [0, 0.05) is 17.5 Å². The van der Waals surface area contributed by atoms with E-state index in [1.54, 1.807) is 20.8 Å². The second-order valence-corrected chi connectivity index (χ2v) is 8.86. The molecule has 13 nitrogen and oxygen atoms in total. The first-order chi connectivity index (χ1) is 16.5. The maximum atomic E-state index is 12.1. The van der Waals surface area contributed by atoms with E-state index in [2.05, 4.69) is 5.32 Å². The van der Waals surface area contributed by atoms with Crippen LogP contribution in [0.3, 0.4) is 0 Å². The summed E-state index contributed by atoms with van der Waals surface area (Å²) in [5.41, 5.74) is 0.201. The Morgan fingerprint density at radius 1 is 1.17 bits per heavy atom. The van der Waals surface area contributed by atoms with Crippen LogP contribution in [0.5, 0.6) is 11.5 Å². The lowest BCUT2D eigenvalue weighted by molar-refractivity contribution is -0.278. The quantitative estimate of drug-likeness (QED) is 0.188. The third-order valence-corrected chi connectivity index (χ3v) is 5.77. The van der Waals surface area contributed by atoms with E-state index in [-0.39, 0.29) is 34.4 Å². The average Bonchev–Trinajstić information content (AvgIpc) is 2.78. The Balaban J connectivity index is 2.45. The molecule has 1 saturated heterocycles. The average molecular weight is 522 g/mol. The zero-order chi connectivity index (χ0) is 26.3. The Bertz CT molecular complexity index is 867. The fourth-order valence-electron chi connectivity index (χ4n) is 3.02. The first-order valence-electron chi connectivity index (χ1n) is 10.8. The smallest absolute Gasteiger partial charge is 0.411 e. The van der Waals surface area contributed by atoms with Crippen molar-refractivity contribution in [1.29, 1.82) is 0 Å². The van der Waals surface area contributed by atoms with Gasteiger partial charge >= 0.3 is 12.1 Å². The number of thioether (sulfide) groups is 1. The number of benzene rings is 1. The summed E-state index contributed by atoms with van der Waals surface area (Å²) in [4.78, 5) is 23.3. The molecule has 35 heavy (non-hydrogen) atoms. The van der Waals surface area contributed by atoms with Gasteiger partial charge in [0.05, 0.1) is 24.2 Å². The number of carbonyl (C=O) groups excluding carboxylic acids is 1. The van der Waals surface area contributed by atoms with Crippen LogP contribution in [-0.4, -0.2) is 105 Å². The molecule has 6 atom stereocenters. The van der Waals surface area contributed by atoms with Gasteiger partial charge in [0.1, 0.15) is 24.4 Å². The third-order valence-electron chi connectivity index (χ3n) is 4.67. The van der Waals surface area contributed by atoms with Crippen LogP contribution in [0, 0.1) is 0 Å². The molecule has 0 spiro atoms. The van der Waals surface area contributed by atoms with E-state index in [9.17, 15) is 35.1 Å². The van der Waals surface area contributed by atoms with E-state index >= 15 is 0 Å². The van der Waals surface area contributed by atoms with Gasteiger partial charge < -0.3 is 49.6 Å². The number of hydrogen-bond donors (Lipinski definition) is 7. The molecule has 1 unspecified atom stereocenters. The van der Waals surface area contributed by atoms with Gasteiger partial charge in [0.15, 0.2) is 17.6 Å². The number of nitrogens with one attached hydrogen (secondary N) is 1. The molecular weight excluding hydrogens is 490 g/mol. The Morgan fingerprint density at radius 2 is 1.86 bits per heavy atom. The Labute approximate surface area is 205 Å². The molecule has 1 aromatic rings. The number of hydrogen-bond acceptors (Lipinski definition) is 12. The van der Waals surface area contributed by atoms with Crippen LogP contribution in [-0.2, 0) is 14.3 Å². The summed E-state index contributed by atoms with van der Waals surface area (Å²) in [6.07, 6.45) is -10.7. The predicted molar refractivity (Wildman–Crippen MR) is 122 cm³/mol. The van der Waals surface area contributed by atoms with Crippen molar-refractivity contribution in [3.8, 4) is 11.5 Å². The number of aliphatic carboxylic acids is 1. The van der Waals surface area contributed by atoms with Crippen molar-refractivity contribution in [2.24, 2.45) is 0 Å². The third kappa shape index (κ3) is 7.83. The van der Waals surface area contributed by atoms with E-state index in [1.807, 2.05) is 0 Å². The molecule has 1 heterocycles. The van der Waals surface area contributed by atoms with Crippen LogP contribution < -0.4 is 14.8 Å². The Morgan fingerprint density at radius 3 is 2.43 bits per heavy atom. The molecule has 1 fully saturated rings. The van der Waals surface area contributed by atoms with Crippen LogP contribution in [0.25, 0.3) is 0 Å². The molecule has 198 valence electrons.